The van der Waals surface area contributed by atoms with Crippen LogP contribution in [-0.4, -0.2) is 13.6 Å². The normalized spacial score (nSPS) is 11.9. The molecule has 0 aliphatic heterocycles. The highest BCUT2D eigenvalue weighted by Gasteiger charge is 2.09. The average molecular weight is 216 g/mol. The lowest BCUT2D eigenvalue weighted by atomic mass is 10.1. The van der Waals surface area contributed by atoms with Gasteiger partial charge in [-0.3, -0.25) is 0 Å². The number of hydrogen-bond acceptors (Lipinski definition) is 2. The molecule has 0 radical (unpaired) electrons. The first kappa shape index (κ1) is 12.6. The van der Waals surface area contributed by atoms with Gasteiger partial charge >= 0.3 is 0 Å². The number of benzene rings is 1. The molecule has 0 heterocycles. The Balaban J connectivity index is 2.73. The van der Waals surface area contributed by atoms with E-state index in [2.05, 4.69) is 31.9 Å². The van der Waals surface area contributed by atoms with Gasteiger partial charge in [0, 0.05) is 13.6 Å². The molecule has 1 atom stereocenters. The van der Waals surface area contributed by atoms with Crippen molar-refractivity contribution in [3.05, 3.63) is 29.8 Å². The van der Waals surface area contributed by atoms with Crippen molar-refractivity contribution in [2.24, 2.45) is 5.92 Å². The lowest BCUT2D eigenvalue weighted by molar-refractivity contribution is 0.524. The third-order valence-corrected chi connectivity index (χ3v) is 2.80. The largest absolute Gasteiger partial charge is 0.373 e. The van der Waals surface area contributed by atoms with Gasteiger partial charge in [0.15, 0.2) is 0 Å². The van der Waals surface area contributed by atoms with Gasteiger partial charge in [0.2, 0.25) is 0 Å². The van der Waals surface area contributed by atoms with Crippen molar-refractivity contribution in [1.29, 1.82) is 5.26 Å². The molecule has 0 aliphatic rings. The quantitative estimate of drug-likeness (QED) is 0.754. The van der Waals surface area contributed by atoms with Gasteiger partial charge in [-0.2, -0.15) is 5.26 Å². The molecule has 0 aromatic heterocycles. The summed E-state index contributed by atoms with van der Waals surface area (Å²) < 4.78 is 0. The molecule has 0 amide bonds. The van der Waals surface area contributed by atoms with E-state index in [1.807, 2.05) is 24.3 Å². The summed E-state index contributed by atoms with van der Waals surface area (Å²) in [4.78, 5) is 2.18. The zero-order valence-electron chi connectivity index (χ0n) is 10.4. The van der Waals surface area contributed by atoms with Crippen LogP contribution in [0.3, 0.4) is 0 Å². The first-order chi connectivity index (χ1) is 7.69. The maximum absolute atomic E-state index is 9.03. The number of nitriles is 1. The van der Waals surface area contributed by atoms with Crippen LogP contribution in [0.2, 0.25) is 0 Å². The summed E-state index contributed by atoms with van der Waals surface area (Å²) in [6, 6.07) is 10.0. The van der Waals surface area contributed by atoms with E-state index in [9.17, 15) is 0 Å². The summed E-state index contributed by atoms with van der Waals surface area (Å²) in [6.45, 7) is 5.47. The van der Waals surface area contributed by atoms with Crippen molar-refractivity contribution in [1.82, 2.24) is 0 Å². The molecule has 1 aromatic rings. The van der Waals surface area contributed by atoms with E-state index in [4.69, 9.17) is 5.26 Å². The van der Waals surface area contributed by atoms with Crippen LogP contribution < -0.4 is 4.90 Å². The molecule has 2 nitrogen and oxygen atoms in total. The van der Waals surface area contributed by atoms with Crippen molar-refractivity contribution >= 4 is 5.69 Å². The van der Waals surface area contributed by atoms with Gasteiger partial charge in [-0.25, -0.2) is 0 Å². The predicted molar refractivity (Wildman–Crippen MR) is 68.5 cm³/mol. The number of rotatable bonds is 5. The zero-order valence-corrected chi connectivity index (χ0v) is 10.4. The van der Waals surface area contributed by atoms with Crippen LogP contribution >= 0.6 is 0 Å². The lowest BCUT2D eigenvalue weighted by Crippen LogP contribution is -2.24. The maximum Gasteiger partial charge on any atom is 0.101 e. The third-order valence-electron chi connectivity index (χ3n) is 2.80. The number of nitrogens with zero attached hydrogens (tertiary/aromatic N) is 2. The fraction of sp³-hybridized carbons (Fsp3) is 0.500. The van der Waals surface area contributed by atoms with E-state index in [1.54, 1.807) is 0 Å². The molecule has 0 aliphatic carbocycles. The van der Waals surface area contributed by atoms with Crippen molar-refractivity contribution in [3.63, 3.8) is 0 Å². The van der Waals surface area contributed by atoms with Gasteiger partial charge in [0.05, 0.1) is 11.3 Å². The highest BCUT2D eigenvalue weighted by molar-refractivity contribution is 5.58. The van der Waals surface area contributed by atoms with Crippen LogP contribution in [0.5, 0.6) is 0 Å². The first-order valence-corrected chi connectivity index (χ1v) is 5.89. The summed E-state index contributed by atoms with van der Waals surface area (Å²) in [5, 5.41) is 9.03. The molecule has 0 spiro atoms. The van der Waals surface area contributed by atoms with Gasteiger partial charge in [-0.05, 0) is 24.5 Å². The zero-order chi connectivity index (χ0) is 12.0. The second kappa shape index (κ2) is 6.17. The summed E-state index contributed by atoms with van der Waals surface area (Å²) in [7, 11) is 2.06. The summed E-state index contributed by atoms with van der Waals surface area (Å²) >= 11 is 0. The Labute approximate surface area is 98.5 Å². The molecule has 1 unspecified atom stereocenters. The monoisotopic (exact) mass is 216 g/mol. The summed E-state index contributed by atoms with van der Waals surface area (Å²) in [6.07, 6.45) is 2.45. The number of anilines is 1. The van der Waals surface area contributed by atoms with E-state index in [0.717, 1.165) is 17.8 Å². The second-order valence-electron chi connectivity index (χ2n) is 4.40. The van der Waals surface area contributed by atoms with Gasteiger partial charge < -0.3 is 4.90 Å². The fourth-order valence-corrected chi connectivity index (χ4v) is 2.05. The topological polar surface area (TPSA) is 27.0 Å². The standard InChI is InChI=1S/C14H20N2/c1-4-7-12(2)11-16(3)14-9-6-5-8-13(14)10-15/h5-6,8-9,12H,4,7,11H2,1-3H3. The van der Waals surface area contributed by atoms with Gasteiger partial charge in [-0.15, -0.1) is 0 Å². The minimum Gasteiger partial charge on any atom is -0.373 e. The molecule has 16 heavy (non-hydrogen) atoms. The number of para-hydroxylation sites is 1. The van der Waals surface area contributed by atoms with Crippen molar-refractivity contribution in [2.45, 2.75) is 26.7 Å². The summed E-state index contributed by atoms with van der Waals surface area (Å²) in [5.74, 6) is 0.668. The second-order valence-corrected chi connectivity index (χ2v) is 4.40. The van der Waals surface area contributed by atoms with E-state index < -0.39 is 0 Å². The van der Waals surface area contributed by atoms with Gasteiger partial charge in [0.1, 0.15) is 6.07 Å². The minimum absolute atomic E-state index is 0.668. The van der Waals surface area contributed by atoms with Gasteiger partial charge in [-0.1, -0.05) is 32.4 Å². The Hall–Kier alpha value is -1.49. The maximum atomic E-state index is 9.03. The van der Waals surface area contributed by atoms with E-state index in [0.29, 0.717) is 5.92 Å². The first-order valence-electron chi connectivity index (χ1n) is 5.89. The molecule has 1 rings (SSSR count). The minimum atomic E-state index is 0.668. The molecule has 0 fully saturated rings. The molecule has 2 heteroatoms. The molecule has 0 saturated heterocycles. The molecular formula is C14H20N2. The van der Waals surface area contributed by atoms with Crippen LogP contribution in [0.4, 0.5) is 5.69 Å². The average Bonchev–Trinajstić information content (AvgIpc) is 2.29. The number of hydrogen-bond donors (Lipinski definition) is 0. The van der Waals surface area contributed by atoms with Crippen LogP contribution in [-0.2, 0) is 0 Å². The van der Waals surface area contributed by atoms with Crippen LogP contribution in [0.25, 0.3) is 0 Å². The SMILES string of the molecule is CCCC(C)CN(C)c1ccccc1C#N. The Kier molecular flexibility index (Phi) is 4.85. The van der Waals surface area contributed by atoms with Gasteiger partial charge in [0.25, 0.3) is 0 Å². The van der Waals surface area contributed by atoms with E-state index in [1.165, 1.54) is 12.8 Å². The molecule has 86 valence electrons. The van der Waals surface area contributed by atoms with Crippen molar-refractivity contribution in [3.8, 4) is 6.07 Å². The Morgan fingerprint density at radius 2 is 2.06 bits per heavy atom. The lowest BCUT2D eigenvalue weighted by Gasteiger charge is -2.24. The van der Waals surface area contributed by atoms with Crippen molar-refractivity contribution < 1.29 is 0 Å². The highest BCUT2D eigenvalue weighted by atomic mass is 15.1. The molecule has 0 bridgehead atoms. The third kappa shape index (κ3) is 3.27. The molecule has 1 aromatic carbocycles. The van der Waals surface area contributed by atoms with Crippen LogP contribution in [0, 0.1) is 17.2 Å². The van der Waals surface area contributed by atoms with Crippen molar-refractivity contribution in [2.75, 3.05) is 18.5 Å². The molecule has 0 saturated carbocycles. The Morgan fingerprint density at radius 1 is 1.38 bits per heavy atom. The highest BCUT2D eigenvalue weighted by Crippen LogP contribution is 2.20. The molecule has 0 N–H and O–H groups in total. The van der Waals surface area contributed by atoms with Crippen LogP contribution in [0.15, 0.2) is 24.3 Å². The van der Waals surface area contributed by atoms with Crippen LogP contribution in [0.1, 0.15) is 32.3 Å². The molecular weight excluding hydrogens is 196 g/mol. The Morgan fingerprint density at radius 3 is 2.69 bits per heavy atom. The smallest absolute Gasteiger partial charge is 0.101 e. The predicted octanol–water partition coefficient (Wildman–Crippen LogP) is 3.43. The summed E-state index contributed by atoms with van der Waals surface area (Å²) in [5.41, 5.74) is 1.79. The van der Waals surface area contributed by atoms with E-state index in [-0.39, 0.29) is 0 Å². The fourth-order valence-electron chi connectivity index (χ4n) is 2.05. The van der Waals surface area contributed by atoms with E-state index >= 15 is 0 Å². The Bertz CT molecular complexity index is 365.